The van der Waals surface area contributed by atoms with Gasteiger partial charge in [0, 0.05) is 5.25 Å². The minimum absolute atomic E-state index is 0.0206. The molecule has 31 heavy (non-hydrogen) atoms. The summed E-state index contributed by atoms with van der Waals surface area (Å²) in [5, 5.41) is 3.05. The third-order valence-corrected chi connectivity index (χ3v) is 8.19. The van der Waals surface area contributed by atoms with Crippen molar-refractivity contribution in [1.82, 2.24) is 0 Å². The first-order valence-electron chi connectivity index (χ1n) is 9.85. The van der Waals surface area contributed by atoms with Crippen molar-refractivity contribution in [2.75, 3.05) is 34.9 Å². The van der Waals surface area contributed by atoms with Crippen LogP contribution in [-0.4, -0.2) is 55.4 Å². The van der Waals surface area contributed by atoms with Crippen LogP contribution in [0.2, 0.25) is 0 Å². The van der Waals surface area contributed by atoms with Crippen molar-refractivity contribution in [2.24, 2.45) is 4.99 Å². The second-order valence-corrected chi connectivity index (χ2v) is 10.6. The number of anilines is 2. The van der Waals surface area contributed by atoms with Gasteiger partial charge in [0.25, 0.3) is 0 Å². The molecule has 0 radical (unpaired) electrons. The van der Waals surface area contributed by atoms with Crippen LogP contribution in [0.3, 0.4) is 0 Å². The SMILES string of the molecule is CCOc1ccccc1NC(=O)CN(C1=N[C@@H]2CS(=O)(=O)C[C@H]2S1)c1ccccc1F. The number of sulfone groups is 1. The molecule has 0 unspecified atom stereocenters. The lowest BCUT2D eigenvalue weighted by Gasteiger charge is -2.24. The summed E-state index contributed by atoms with van der Waals surface area (Å²) >= 11 is 1.28. The zero-order valence-corrected chi connectivity index (χ0v) is 18.5. The Hall–Kier alpha value is -2.59. The summed E-state index contributed by atoms with van der Waals surface area (Å²) in [5.74, 6) is -0.300. The number of carbonyl (C=O) groups is 1. The van der Waals surface area contributed by atoms with E-state index < -0.39 is 15.7 Å². The number of nitrogens with one attached hydrogen (secondary N) is 1. The van der Waals surface area contributed by atoms with Crippen LogP contribution in [-0.2, 0) is 14.6 Å². The van der Waals surface area contributed by atoms with E-state index >= 15 is 0 Å². The fraction of sp³-hybridized carbons (Fsp3) is 0.333. The third kappa shape index (κ3) is 4.85. The number of halogens is 1. The first-order chi connectivity index (χ1) is 14.9. The van der Waals surface area contributed by atoms with Crippen LogP contribution in [0, 0.1) is 5.82 Å². The zero-order valence-electron chi connectivity index (χ0n) is 16.8. The summed E-state index contributed by atoms with van der Waals surface area (Å²) in [4.78, 5) is 18.9. The van der Waals surface area contributed by atoms with Crippen LogP contribution in [0.25, 0.3) is 0 Å². The molecular weight excluding hydrogens is 441 g/mol. The smallest absolute Gasteiger partial charge is 0.244 e. The number of amides is 1. The highest BCUT2D eigenvalue weighted by Gasteiger charge is 2.44. The van der Waals surface area contributed by atoms with E-state index in [0.29, 0.717) is 23.2 Å². The lowest BCUT2D eigenvalue weighted by atomic mass is 10.2. The molecule has 2 aromatic carbocycles. The Morgan fingerprint density at radius 3 is 2.71 bits per heavy atom. The molecule has 1 N–H and O–H groups in total. The van der Waals surface area contributed by atoms with E-state index in [-0.39, 0.29) is 40.9 Å². The molecule has 1 amide bonds. The van der Waals surface area contributed by atoms with Crippen molar-refractivity contribution in [3.05, 3.63) is 54.3 Å². The lowest BCUT2D eigenvalue weighted by molar-refractivity contribution is -0.114. The molecular formula is C21H22FN3O4S2. The Bertz CT molecular complexity index is 1120. The number of hydrogen-bond donors (Lipinski definition) is 1. The standard InChI is InChI=1S/C21H22FN3O4S2/c1-2-29-18-10-6-4-8-15(18)23-20(26)11-25(17-9-5-3-7-14(17)22)21-24-16-12-31(27,28)13-19(16)30-21/h3-10,16,19H,2,11-13H2,1H3,(H,23,26)/t16-,19-/m1/s1. The van der Waals surface area contributed by atoms with E-state index in [1.54, 1.807) is 36.4 Å². The predicted octanol–water partition coefficient (Wildman–Crippen LogP) is 2.94. The zero-order chi connectivity index (χ0) is 22.0. The van der Waals surface area contributed by atoms with Gasteiger partial charge in [0.1, 0.15) is 18.1 Å². The average Bonchev–Trinajstić information content (AvgIpc) is 3.22. The highest BCUT2D eigenvalue weighted by molar-refractivity contribution is 8.15. The van der Waals surface area contributed by atoms with Crippen molar-refractivity contribution in [3.63, 3.8) is 0 Å². The molecule has 4 rings (SSSR count). The van der Waals surface area contributed by atoms with Crippen molar-refractivity contribution in [3.8, 4) is 5.75 Å². The molecule has 0 spiro atoms. The predicted molar refractivity (Wildman–Crippen MR) is 121 cm³/mol. The van der Waals surface area contributed by atoms with E-state index in [1.165, 1.54) is 22.7 Å². The van der Waals surface area contributed by atoms with Gasteiger partial charge >= 0.3 is 0 Å². The number of ether oxygens (including phenoxy) is 1. The molecule has 7 nitrogen and oxygen atoms in total. The Kier molecular flexibility index (Phi) is 6.19. The molecule has 1 fully saturated rings. The van der Waals surface area contributed by atoms with Crippen LogP contribution < -0.4 is 15.0 Å². The third-order valence-electron chi connectivity index (χ3n) is 4.94. The Morgan fingerprint density at radius 2 is 1.97 bits per heavy atom. The van der Waals surface area contributed by atoms with Gasteiger partial charge in [-0.2, -0.15) is 0 Å². The number of hydrogen-bond acceptors (Lipinski definition) is 7. The maximum Gasteiger partial charge on any atom is 0.244 e. The van der Waals surface area contributed by atoms with Crippen molar-refractivity contribution in [1.29, 1.82) is 0 Å². The van der Waals surface area contributed by atoms with Gasteiger partial charge in [-0.05, 0) is 31.2 Å². The van der Waals surface area contributed by atoms with Crippen LogP contribution in [0.15, 0.2) is 53.5 Å². The molecule has 164 valence electrons. The highest BCUT2D eigenvalue weighted by atomic mass is 32.2. The second-order valence-electron chi connectivity index (χ2n) is 7.23. The largest absolute Gasteiger partial charge is 0.492 e. The molecule has 1 saturated heterocycles. The Balaban J connectivity index is 1.58. The van der Waals surface area contributed by atoms with Crippen molar-refractivity contribution < 1.29 is 22.3 Å². The number of para-hydroxylation sites is 3. The monoisotopic (exact) mass is 463 g/mol. The number of carbonyl (C=O) groups excluding carboxylic acids is 1. The maximum absolute atomic E-state index is 14.6. The number of amidine groups is 1. The molecule has 0 aromatic heterocycles. The number of benzene rings is 2. The summed E-state index contributed by atoms with van der Waals surface area (Å²) in [6.45, 7) is 2.12. The molecule has 0 saturated carbocycles. The van der Waals surface area contributed by atoms with E-state index in [9.17, 15) is 17.6 Å². The fourth-order valence-electron chi connectivity index (χ4n) is 3.58. The normalized spacial score (nSPS) is 21.3. The molecule has 10 heteroatoms. The number of aliphatic imine (C=N–C) groups is 1. The topological polar surface area (TPSA) is 88.1 Å². The van der Waals surface area contributed by atoms with Gasteiger partial charge in [0.15, 0.2) is 15.0 Å². The van der Waals surface area contributed by atoms with Gasteiger partial charge < -0.3 is 15.0 Å². The Labute approximate surface area is 184 Å². The first-order valence-corrected chi connectivity index (χ1v) is 12.5. The Morgan fingerprint density at radius 1 is 1.23 bits per heavy atom. The highest BCUT2D eigenvalue weighted by Crippen LogP contribution is 2.37. The molecule has 2 heterocycles. The van der Waals surface area contributed by atoms with Crippen molar-refractivity contribution >= 4 is 44.0 Å². The maximum atomic E-state index is 14.6. The van der Waals surface area contributed by atoms with E-state index in [4.69, 9.17) is 4.74 Å². The summed E-state index contributed by atoms with van der Waals surface area (Å²) in [5.41, 5.74) is 0.733. The summed E-state index contributed by atoms with van der Waals surface area (Å²) < 4.78 is 43.9. The van der Waals surface area contributed by atoms with Gasteiger partial charge in [-0.3, -0.25) is 9.79 Å². The van der Waals surface area contributed by atoms with Gasteiger partial charge in [0.05, 0.1) is 35.5 Å². The number of fused-ring (bicyclic) bond motifs is 1. The molecule has 0 aliphatic carbocycles. The van der Waals surface area contributed by atoms with E-state index in [2.05, 4.69) is 10.3 Å². The van der Waals surface area contributed by atoms with Crippen LogP contribution in [0.4, 0.5) is 15.8 Å². The fourth-order valence-corrected chi connectivity index (χ4v) is 7.36. The first kappa shape index (κ1) is 21.6. The van der Waals surface area contributed by atoms with Crippen LogP contribution >= 0.6 is 11.8 Å². The van der Waals surface area contributed by atoms with Crippen LogP contribution in [0.1, 0.15) is 6.92 Å². The number of rotatable bonds is 6. The number of nitrogens with zero attached hydrogens (tertiary/aromatic N) is 2. The summed E-state index contributed by atoms with van der Waals surface area (Å²) in [6.07, 6.45) is 0. The summed E-state index contributed by atoms with van der Waals surface area (Å²) in [6, 6.07) is 12.8. The van der Waals surface area contributed by atoms with Crippen LogP contribution in [0.5, 0.6) is 5.75 Å². The lowest BCUT2D eigenvalue weighted by Crippen LogP contribution is -2.37. The van der Waals surface area contributed by atoms with Gasteiger partial charge in [-0.25, -0.2) is 12.8 Å². The average molecular weight is 464 g/mol. The molecule has 2 aliphatic heterocycles. The van der Waals surface area contributed by atoms with Gasteiger partial charge in [0.2, 0.25) is 5.91 Å². The molecule has 0 bridgehead atoms. The minimum Gasteiger partial charge on any atom is -0.492 e. The summed E-state index contributed by atoms with van der Waals surface area (Å²) in [7, 11) is -3.12. The minimum atomic E-state index is -3.12. The molecule has 2 atom stereocenters. The molecule has 2 aromatic rings. The molecule has 2 aliphatic rings. The number of thioether (sulfide) groups is 1. The van der Waals surface area contributed by atoms with Crippen molar-refractivity contribution in [2.45, 2.75) is 18.2 Å². The second kappa shape index (κ2) is 8.88. The van der Waals surface area contributed by atoms with Gasteiger partial charge in [-0.15, -0.1) is 0 Å². The van der Waals surface area contributed by atoms with E-state index in [0.717, 1.165) is 0 Å². The van der Waals surface area contributed by atoms with Gasteiger partial charge in [-0.1, -0.05) is 36.0 Å². The van der Waals surface area contributed by atoms with E-state index in [1.807, 2.05) is 13.0 Å². The quantitative estimate of drug-likeness (QED) is 0.709.